The third-order valence-corrected chi connectivity index (χ3v) is 5.85. The summed E-state index contributed by atoms with van der Waals surface area (Å²) in [6.07, 6.45) is 0. The summed E-state index contributed by atoms with van der Waals surface area (Å²) in [4.78, 5) is 12.6. The van der Waals surface area contributed by atoms with Gasteiger partial charge in [-0.05, 0) is 24.6 Å². The molecule has 8 heteroatoms. The van der Waals surface area contributed by atoms with E-state index in [9.17, 15) is 13.2 Å². The first-order chi connectivity index (χ1) is 12.8. The molecule has 0 radical (unpaired) electrons. The Balaban J connectivity index is 1.86. The van der Waals surface area contributed by atoms with Crippen molar-refractivity contribution in [2.45, 2.75) is 11.8 Å². The number of hydrogen-bond donors (Lipinski definition) is 1. The van der Waals surface area contributed by atoms with Gasteiger partial charge in [0.25, 0.3) is 5.91 Å². The molecule has 0 fully saturated rings. The Morgan fingerprint density at radius 2 is 1.78 bits per heavy atom. The lowest BCUT2D eigenvalue weighted by molar-refractivity contribution is 0.101. The first-order valence-corrected chi connectivity index (χ1v) is 9.60. The summed E-state index contributed by atoms with van der Waals surface area (Å²) in [6, 6.07) is 15.4. The van der Waals surface area contributed by atoms with Crippen molar-refractivity contribution in [2.75, 3.05) is 19.4 Å². The molecule has 3 aromatic rings. The highest BCUT2D eigenvalue weighted by Crippen LogP contribution is 2.24. The summed E-state index contributed by atoms with van der Waals surface area (Å²) in [5.74, 6) is -0.00941. The lowest BCUT2D eigenvalue weighted by Crippen LogP contribution is -2.22. The minimum absolute atomic E-state index is 0.0959. The van der Waals surface area contributed by atoms with Gasteiger partial charge in [0.1, 0.15) is 0 Å². The van der Waals surface area contributed by atoms with Crippen molar-refractivity contribution >= 4 is 21.6 Å². The third-order valence-electron chi connectivity index (χ3n) is 4.04. The zero-order valence-corrected chi connectivity index (χ0v) is 15.9. The molecule has 7 nitrogen and oxygen atoms in total. The molecule has 0 saturated heterocycles. The molecular weight excluding hydrogens is 366 g/mol. The van der Waals surface area contributed by atoms with Gasteiger partial charge in [0.15, 0.2) is 11.5 Å². The van der Waals surface area contributed by atoms with Crippen molar-refractivity contribution < 1.29 is 17.7 Å². The van der Waals surface area contributed by atoms with Crippen LogP contribution in [-0.4, -0.2) is 37.9 Å². The van der Waals surface area contributed by atoms with Crippen LogP contribution in [0.5, 0.6) is 0 Å². The van der Waals surface area contributed by atoms with Crippen LogP contribution < -0.4 is 5.32 Å². The molecule has 2 aromatic carbocycles. The number of nitrogens with zero attached hydrogens (tertiary/aromatic N) is 2. The number of anilines is 1. The van der Waals surface area contributed by atoms with E-state index >= 15 is 0 Å². The van der Waals surface area contributed by atoms with E-state index in [1.807, 2.05) is 30.3 Å². The molecule has 0 spiro atoms. The van der Waals surface area contributed by atoms with Gasteiger partial charge in [-0.1, -0.05) is 41.6 Å². The van der Waals surface area contributed by atoms with Crippen molar-refractivity contribution in [1.29, 1.82) is 0 Å². The Morgan fingerprint density at radius 1 is 1.07 bits per heavy atom. The molecule has 27 heavy (non-hydrogen) atoms. The first kappa shape index (κ1) is 18.8. The molecule has 0 bridgehead atoms. The van der Waals surface area contributed by atoms with Gasteiger partial charge in [-0.2, -0.15) is 0 Å². The van der Waals surface area contributed by atoms with E-state index in [4.69, 9.17) is 4.52 Å². The molecule has 1 N–H and O–H groups in total. The van der Waals surface area contributed by atoms with Crippen LogP contribution in [0.15, 0.2) is 64.0 Å². The topological polar surface area (TPSA) is 92.5 Å². The highest BCUT2D eigenvalue weighted by atomic mass is 32.2. The fraction of sp³-hybridized carbons (Fsp3) is 0.158. The van der Waals surface area contributed by atoms with E-state index in [2.05, 4.69) is 10.5 Å². The number of benzene rings is 2. The number of sulfonamides is 1. The van der Waals surface area contributed by atoms with Crippen molar-refractivity contribution in [1.82, 2.24) is 9.46 Å². The second-order valence-corrected chi connectivity index (χ2v) is 8.31. The number of carbonyl (C=O) groups is 1. The monoisotopic (exact) mass is 385 g/mol. The number of aryl methyl sites for hydroxylation is 1. The van der Waals surface area contributed by atoms with E-state index in [0.29, 0.717) is 11.4 Å². The van der Waals surface area contributed by atoms with Crippen LogP contribution in [0.1, 0.15) is 16.1 Å². The SMILES string of the molecule is Cc1ccc(S(=O)(=O)N(C)C)cc1NC(=O)c1cc(-c2ccccc2)on1. The Morgan fingerprint density at radius 3 is 2.44 bits per heavy atom. The minimum Gasteiger partial charge on any atom is -0.355 e. The maximum absolute atomic E-state index is 12.5. The number of aromatic nitrogens is 1. The molecule has 1 heterocycles. The van der Waals surface area contributed by atoms with Crippen molar-refractivity contribution in [2.24, 2.45) is 0 Å². The van der Waals surface area contributed by atoms with Gasteiger partial charge in [0.05, 0.1) is 4.90 Å². The molecule has 1 amide bonds. The van der Waals surface area contributed by atoms with E-state index in [1.165, 1.54) is 26.2 Å². The second kappa shape index (κ2) is 7.34. The van der Waals surface area contributed by atoms with Gasteiger partial charge in [-0.25, -0.2) is 12.7 Å². The number of amides is 1. The van der Waals surface area contributed by atoms with Gasteiger partial charge in [-0.15, -0.1) is 0 Å². The minimum atomic E-state index is -3.60. The van der Waals surface area contributed by atoms with Crippen molar-refractivity contribution in [3.8, 4) is 11.3 Å². The largest absolute Gasteiger partial charge is 0.355 e. The normalized spacial score (nSPS) is 11.6. The highest BCUT2D eigenvalue weighted by molar-refractivity contribution is 7.89. The maximum Gasteiger partial charge on any atom is 0.277 e. The average molecular weight is 385 g/mol. The number of carbonyl (C=O) groups excluding carboxylic acids is 1. The zero-order valence-electron chi connectivity index (χ0n) is 15.1. The molecule has 0 unspecified atom stereocenters. The fourth-order valence-electron chi connectivity index (χ4n) is 2.41. The Kier molecular flexibility index (Phi) is 5.11. The van der Waals surface area contributed by atoms with Crippen LogP contribution >= 0.6 is 0 Å². The van der Waals surface area contributed by atoms with Crippen molar-refractivity contribution in [3.63, 3.8) is 0 Å². The maximum atomic E-state index is 12.5. The summed E-state index contributed by atoms with van der Waals surface area (Å²) in [7, 11) is -0.696. The molecule has 0 atom stereocenters. The smallest absolute Gasteiger partial charge is 0.277 e. The number of hydrogen-bond acceptors (Lipinski definition) is 5. The summed E-state index contributed by atoms with van der Waals surface area (Å²) in [5.41, 5.74) is 2.04. The lowest BCUT2D eigenvalue weighted by atomic mass is 10.1. The summed E-state index contributed by atoms with van der Waals surface area (Å²) >= 11 is 0. The van der Waals surface area contributed by atoms with E-state index in [0.717, 1.165) is 15.4 Å². The van der Waals surface area contributed by atoms with Crippen LogP contribution in [-0.2, 0) is 10.0 Å². The molecule has 0 aliphatic carbocycles. The summed E-state index contributed by atoms with van der Waals surface area (Å²) in [6.45, 7) is 1.78. The molecule has 0 aliphatic heterocycles. The van der Waals surface area contributed by atoms with Crippen LogP contribution in [0.2, 0.25) is 0 Å². The Labute approximate surface area is 157 Å². The molecular formula is C19H19N3O4S. The summed E-state index contributed by atoms with van der Waals surface area (Å²) in [5, 5.41) is 6.50. The van der Waals surface area contributed by atoms with Crippen molar-refractivity contribution in [3.05, 3.63) is 65.9 Å². The van der Waals surface area contributed by atoms with Crippen LogP contribution in [0, 0.1) is 6.92 Å². The Bertz CT molecular complexity index is 1070. The number of nitrogens with one attached hydrogen (secondary N) is 1. The first-order valence-electron chi connectivity index (χ1n) is 8.15. The zero-order chi connectivity index (χ0) is 19.6. The van der Waals surface area contributed by atoms with Gasteiger partial charge < -0.3 is 9.84 Å². The molecule has 0 aliphatic rings. The fourth-order valence-corrected chi connectivity index (χ4v) is 3.34. The highest BCUT2D eigenvalue weighted by Gasteiger charge is 2.20. The van der Waals surface area contributed by atoms with Crippen LogP contribution in [0.4, 0.5) is 5.69 Å². The van der Waals surface area contributed by atoms with E-state index < -0.39 is 15.9 Å². The predicted octanol–water partition coefficient (Wildman–Crippen LogP) is 3.15. The van der Waals surface area contributed by atoms with Crippen LogP contribution in [0.3, 0.4) is 0 Å². The standard InChI is InChI=1S/C19H19N3O4S/c1-13-9-10-15(27(24,25)22(2)3)11-16(13)20-19(23)17-12-18(26-21-17)14-7-5-4-6-8-14/h4-12H,1-3H3,(H,20,23). The van der Waals surface area contributed by atoms with Gasteiger partial charge >= 0.3 is 0 Å². The van der Waals surface area contributed by atoms with E-state index in [-0.39, 0.29) is 10.6 Å². The number of rotatable bonds is 5. The van der Waals surface area contributed by atoms with Crippen LogP contribution in [0.25, 0.3) is 11.3 Å². The predicted molar refractivity (Wildman–Crippen MR) is 102 cm³/mol. The van der Waals surface area contributed by atoms with Gasteiger partial charge in [-0.3, -0.25) is 4.79 Å². The van der Waals surface area contributed by atoms with Gasteiger partial charge in [0.2, 0.25) is 10.0 Å². The quantitative estimate of drug-likeness (QED) is 0.728. The lowest BCUT2D eigenvalue weighted by Gasteiger charge is -2.14. The van der Waals surface area contributed by atoms with E-state index in [1.54, 1.807) is 19.1 Å². The Hall–Kier alpha value is -2.97. The third kappa shape index (κ3) is 3.91. The molecule has 3 rings (SSSR count). The average Bonchev–Trinajstić information content (AvgIpc) is 3.14. The molecule has 1 aromatic heterocycles. The second-order valence-electron chi connectivity index (χ2n) is 6.16. The molecule has 140 valence electrons. The summed E-state index contributed by atoms with van der Waals surface area (Å²) < 4.78 is 30.9. The molecule has 0 saturated carbocycles. The van der Waals surface area contributed by atoms with Gasteiger partial charge in [0, 0.05) is 31.4 Å².